The average molecular weight is 327 g/mol. The number of benzene rings is 2. The molecular formula is C23H23N2+. The molecule has 0 aliphatic heterocycles. The highest BCUT2D eigenvalue weighted by Crippen LogP contribution is 2.37. The van der Waals surface area contributed by atoms with Crippen LogP contribution in [0.15, 0.2) is 48.7 Å². The molecule has 1 aromatic heterocycles. The van der Waals surface area contributed by atoms with Gasteiger partial charge in [0.25, 0.3) is 0 Å². The molecule has 0 saturated heterocycles. The van der Waals surface area contributed by atoms with Crippen molar-refractivity contribution in [1.82, 2.24) is 0 Å². The fourth-order valence-corrected chi connectivity index (χ4v) is 4.17. The minimum absolute atomic E-state index is 0.698. The maximum atomic E-state index is 7.26. The largest absolute Gasteiger partial charge is 0.238 e. The highest BCUT2D eigenvalue weighted by molar-refractivity contribution is 5.95. The van der Waals surface area contributed by atoms with E-state index in [1.54, 1.807) is 0 Å². The molecule has 0 atom stereocenters. The molecule has 2 heteroatoms. The molecule has 0 amide bonds. The summed E-state index contributed by atoms with van der Waals surface area (Å²) in [5.41, 5.74) is 6.04. The molecule has 1 fully saturated rings. The number of fused-ring (bicyclic) bond motifs is 1. The predicted molar refractivity (Wildman–Crippen MR) is 103 cm³/mol. The molecule has 0 spiro atoms. The second kappa shape index (κ2) is 6.33. The Kier molecular flexibility index (Phi) is 4.01. The fourth-order valence-electron chi connectivity index (χ4n) is 4.17. The van der Waals surface area contributed by atoms with Crippen LogP contribution in [0.4, 0.5) is 5.69 Å². The molecule has 25 heavy (non-hydrogen) atoms. The third kappa shape index (κ3) is 2.81. The Bertz CT molecular complexity index is 989. The monoisotopic (exact) mass is 327 g/mol. The minimum Gasteiger partial charge on any atom is -0.238 e. The van der Waals surface area contributed by atoms with Gasteiger partial charge in [0, 0.05) is 11.6 Å². The number of hydrogen-bond acceptors (Lipinski definition) is 0. The first-order chi connectivity index (χ1) is 12.2. The van der Waals surface area contributed by atoms with Gasteiger partial charge in [-0.15, -0.1) is 0 Å². The fraction of sp³-hybridized carbons (Fsp3) is 0.304. The summed E-state index contributed by atoms with van der Waals surface area (Å²) < 4.78 is 2.21. The second-order valence-electron chi connectivity index (χ2n) is 7.21. The van der Waals surface area contributed by atoms with Crippen LogP contribution in [0.5, 0.6) is 0 Å². The molecule has 2 aromatic carbocycles. The van der Waals surface area contributed by atoms with Crippen LogP contribution in [-0.4, -0.2) is 0 Å². The van der Waals surface area contributed by atoms with Gasteiger partial charge in [-0.3, -0.25) is 0 Å². The molecule has 0 unspecified atom stereocenters. The molecule has 3 aromatic rings. The van der Waals surface area contributed by atoms with Gasteiger partial charge in [-0.2, -0.15) is 0 Å². The summed E-state index contributed by atoms with van der Waals surface area (Å²) in [7, 11) is 2.11. The summed E-state index contributed by atoms with van der Waals surface area (Å²) in [6, 6.07) is 15.1. The van der Waals surface area contributed by atoms with E-state index < -0.39 is 0 Å². The van der Waals surface area contributed by atoms with E-state index in [1.807, 2.05) is 12.1 Å². The van der Waals surface area contributed by atoms with Crippen molar-refractivity contribution < 1.29 is 4.57 Å². The third-order valence-electron chi connectivity index (χ3n) is 5.59. The van der Waals surface area contributed by atoms with Crippen LogP contribution in [0.3, 0.4) is 0 Å². The maximum absolute atomic E-state index is 7.26. The van der Waals surface area contributed by atoms with E-state index in [9.17, 15) is 0 Å². The van der Waals surface area contributed by atoms with Crippen LogP contribution in [0.25, 0.3) is 26.9 Å². The zero-order valence-electron chi connectivity index (χ0n) is 14.9. The van der Waals surface area contributed by atoms with Crippen LogP contribution in [0, 0.1) is 13.5 Å². The molecule has 0 N–H and O–H groups in total. The van der Waals surface area contributed by atoms with Crippen molar-refractivity contribution >= 4 is 16.5 Å². The normalized spacial score (nSPS) is 14.8. The van der Waals surface area contributed by atoms with Gasteiger partial charge in [0.1, 0.15) is 7.05 Å². The Labute approximate surface area is 149 Å². The van der Waals surface area contributed by atoms with Crippen molar-refractivity contribution in [2.75, 3.05) is 0 Å². The van der Waals surface area contributed by atoms with Gasteiger partial charge in [0.2, 0.25) is 5.69 Å². The molecule has 2 nitrogen and oxygen atoms in total. The van der Waals surface area contributed by atoms with Crippen LogP contribution in [0.1, 0.15) is 42.7 Å². The lowest BCUT2D eigenvalue weighted by Crippen LogP contribution is -2.30. The van der Waals surface area contributed by atoms with Crippen molar-refractivity contribution in [1.29, 1.82) is 0 Å². The number of aryl methyl sites for hydroxylation is 2. The summed E-state index contributed by atoms with van der Waals surface area (Å²) in [5.74, 6) is 0.716. The average Bonchev–Trinajstić information content (AvgIpc) is 3.17. The van der Waals surface area contributed by atoms with Gasteiger partial charge >= 0.3 is 0 Å². The van der Waals surface area contributed by atoms with E-state index in [0.29, 0.717) is 11.6 Å². The molecular weight excluding hydrogens is 304 g/mol. The number of hydrogen-bond donors (Lipinski definition) is 0. The van der Waals surface area contributed by atoms with Crippen LogP contribution < -0.4 is 4.57 Å². The molecule has 1 saturated carbocycles. The number of rotatable bonds is 2. The summed E-state index contributed by atoms with van der Waals surface area (Å²) in [5, 5.41) is 2.34. The molecule has 0 bridgehead atoms. The van der Waals surface area contributed by atoms with Crippen LogP contribution in [0.2, 0.25) is 0 Å². The van der Waals surface area contributed by atoms with E-state index in [2.05, 4.69) is 59.9 Å². The molecule has 124 valence electrons. The minimum atomic E-state index is 0.698. The Morgan fingerprint density at radius 1 is 1.04 bits per heavy atom. The topological polar surface area (TPSA) is 8.24 Å². The quantitative estimate of drug-likeness (QED) is 0.412. The van der Waals surface area contributed by atoms with Crippen molar-refractivity contribution in [3.8, 4) is 11.3 Å². The van der Waals surface area contributed by atoms with E-state index >= 15 is 0 Å². The lowest BCUT2D eigenvalue weighted by Gasteiger charge is -2.14. The van der Waals surface area contributed by atoms with Gasteiger partial charge in [0.05, 0.1) is 12.0 Å². The Hall–Kier alpha value is -2.66. The predicted octanol–water partition coefficient (Wildman–Crippen LogP) is 5.85. The molecule has 1 heterocycles. The number of pyridine rings is 1. The van der Waals surface area contributed by atoms with Crippen LogP contribution in [-0.2, 0) is 7.05 Å². The van der Waals surface area contributed by atoms with Gasteiger partial charge in [-0.25, -0.2) is 9.41 Å². The van der Waals surface area contributed by atoms with Gasteiger partial charge in [-0.1, -0.05) is 37.1 Å². The summed E-state index contributed by atoms with van der Waals surface area (Å²) in [6.07, 6.45) is 7.45. The Morgan fingerprint density at radius 3 is 2.60 bits per heavy atom. The van der Waals surface area contributed by atoms with Crippen LogP contribution >= 0.6 is 0 Å². The van der Waals surface area contributed by atoms with Crippen molar-refractivity contribution in [3.63, 3.8) is 0 Å². The first kappa shape index (κ1) is 15.8. The summed E-state index contributed by atoms with van der Waals surface area (Å²) >= 11 is 0. The Morgan fingerprint density at radius 2 is 1.84 bits per heavy atom. The van der Waals surface area contributed by atoms with Gasteiger partial charge in [0.15, 0.2) is 11.9 Å². The second-order valence-corrected chi connectivity index (χ2v) is 7.21. The maximum Gasteiger partial charge on any atom is 0.220 e. The lowest BCUT2D eigenvalue weighted by atomic mass is 9.91. The van der Waals surface area contributed by atoms with E-state index in [4.69, 9.17) is 6.57 Å². The lowest BCUT2D eigenvalue weighted by molar-refractivity contribution is -0.659. The third-order valence-corrected chi connectivity index (χ3v) is 5.59. The zero-order chi connectivity index (χ0) is 17.4. The first-order valence-electron chi connectivity index (χ1n) is 9.08. The van der Waals surface area contributed by atoms with Gasteiger partial charge < -0.3 is 0 Å². The smallest absolute Gasteiger partial charge is 0.220 e. The van der Waals surface area contributed by atoms with Crippen molar-refractivity contribution in [2.45, 2.75) is 38.5 Å². The number of nitrogens with zero attached hydrogens (tertiary/aromatic N) is 2. The highest BCUT2D eigenvalue weighted by Gasteiger charge is 2.21. The van der Waals surface area contributed by atoms with E-state index in [1.165, 1.54) is 53.5 Å². The number of aromatic nitrogens is 1. The van der Waals surface area contributed by atoms with E-state index in [-0.39, 0.29) is 0 Å². The van der Waals surface area contributed by atoms with Crippen molar-refractivity contribution in [2.24, 2.45) is 7.05 Å². The molecule has 1 aliphatic rings. The van der Waals surface area contributed by atoms with E-state index in [0.717, 1.165) is 5.39 Å². The molecule has 0 radical (unpaired) electrons. The van der Waals surface area contributed by atoms with Gasteiger partial charge in [-0.05, 0) is 54.3 Å². The molecule has 4 rings (SSSR count). The highest BCUT2D eigenvalue weighted by atomic mass is 14.9. The first-order valence-corrected chi connectivity index (χ1v) is 9.08. The Balaban J connectivity index is 1.93. The standard InChI is InChI=1S/C23H23N2/c1-16-8-9-18(17-6-4-5-7-17)15-22(16)23-21-11-10-20(24-2)14-19(21)12-13-25(23)3/h8-15,17H,4-7H2,1,3H3/q+1. The summed E-state index contributed by atoms with van der Waals surface area (Å²) in [6.45, 7) is 9.45. The van der Waals surface area contributed by atoms with Crippen molar-refractivity contribution in [3.05, 3.63) is 71.2 Å². The molecule has 1 aliphatic carbocycles. The zero-order valence-corrected chi connectivity index (χ0v) is 14.9. The SMILES string of the molecule is [C-]#[N+]c1ccc2c(-c3cc(C4CCCC4)ccc3C)[n+](C)ccc2c1. The summed E-state index contributed by atoms with van der Waals surface area (Å²) in [4.78, 5) is 3.57.